The number of hydrogen-bond acceptors (Lipinski definition) is 6. The molecule has 1 aromatic heterocycles. The molecule has 0 aliphatic carbocycles. The highest BCUT2D eigenvalue weighted by molar-refractivity contribution is 6.20. The molecule has 0 fully saturated rings. The topological polar surface area (TPSA) is 120 Å². The Morgan fingerprint density at radius 1 is 0.909 bits per heavy atom. The van der Waals surface area contributed by atoms with E-state index in [0.717, 1.165) is 21.9 Å². The SMILES string of the molecule is COc1nc2ccc(/C(=C\C(=O)O)C(=O)O)cc2cc1[C@@H](c1ccccc1)[C@@](O)(CCN(C)C)c1cccc2ccccc12. The van der Waals surface area contributed by atoms with Crippen LogP contribution in [0.2, 0.25) is 0 Å². The Morgan fingerprint density at radius 2 is 1.61 bits per heavy atom. The summed E-state index contributed by atoms with van der Waals surface area (Å²) in [6, 6.07) is 30.2. The van der Waals surface area contributed by atoms with E-state index in [9.17, 15) is 24.9 Å². The second-order valence-electron chi connectivity index (χ2n) is 11.0. The van der Waals surface area contributed by atoms with E-state index in [1.54, 1.807) is 12.1 Å². The Bertz CT molecular complexity index is 1860. The second-order valence-corrected chi connectivity index (χ2v) is 11.0. The predicted octanol–water partition coefficient (Wildman–Crippen LogP) is 5.92. The molecule has 0 spiro atoms. The number of aromatic nitrogens is 1. The van der Waals surface area contributed by atoms with Crippen LogP contribution in [0.4, 0.5) is 0 Å². The molecule has 0 saturated carbocycles. The van der Waals surface area contributed by atoms with Gasteiger partial charge in [-0.2, -0.15) is 0 Å². The number of carboxylic acids is 2. The summed E-state index contributed by atoms with van der Waals surface area (Å²) in [7, 11) is 5.46. The molecule has 3 N–H and O–H groups in total. The Balaban J connectivity index is 1.82. The van der Waals surface area contributed by atoms with Gasteiger partial charge in [0.05, 0.1) is 18.2 Å². The van der Waals surface area contributed by atoms with E-state index in [0.29, 0.717) is 41.4 Å². The molecule has 0 unspecified atom stereocenters. The van der Waals surface area contributed by atoms with Crippen molar-refractivity contribution in [1.29, 1.82) is 0 Å². The average molecular weight is 591 g/mol. The molecule has 2 atom stereocenters. The number of ether oxygens (including phenoxy) is 1. The van der Waals surface area contributed by atoms with Crippen molar-refractivity contribution < 1.29 is 29.6 Å². The van der Waals surface area contributed by atoms with Crippen molar-refractivity contribution in [2.24, 2.45) is 0 Å². The van der Waals surface area contributed by atoms with Gasteiger partial charge in [0.2, 0.25) is 5.88 Å². The van der Waals surface area contributed by atoms with Crippen LogP contribution in [0, 0.1) is 0 Å². The molecule has 0 amide bonds. The molecular formula is C36H34N2O6. The van der Waals surface area contributed by atoms with Gasteiger partial charge in [0.25, 0.3) is 0 Å². The van der Waals surface area contributed by atoms with Crippen LogP contribution in [-0.4, -0.2) is 64.9 Å². The fraction of sp³-hybridized carbons (Fsp3) is 0.194. The summed E-state index contributed by atoms with van der Waals surface area (Å²) in [5, 5.41) is 34.7. The zero-order valence-electron chi connectivity index (χ0n) is 24.8. The van der Waals surface area contributed by atoms with Gasteiger partial charge in [0.15, 0.2) is 0 Å². The van der Waals surface area contributed by atoms with Gasteiger partial charge in [-0.1, -0.05) is 78.9 Å². The van der Waals surface area contributed by atoms with Crippen LogP contribution in [0.5, 0.6) is 5.88 Å². The first-order valence-electron chi connectivity index (χ1n) is 14.2. The van der Waals surface area contributed by atoms with Gasteiger partial charge < -0.3 is 25.0 Å². The number of carbonyl (C=O) groups is 2. The number of rotatable bonds is 11. The minimum absolute atomic E-state index is 0.221. The lowest BCUT2D eigenvalue weighted by Gasteiger charge is -2.39. The van der Waals surface area contributed by atoms with Crippen molar-refractivity contribution in [3.63, 3.8) is 0 Å². The van der Waals surface area contributed by atoms with Crippen molar-refractivity contribution in [2.75, 3.05) is 27.7 Å². The van der Waals surface area contributed by atoms with Gasteiger partial charge in [-0.05, 0) is 66.2 Å². The van der Waals surface area contributed by atoms with Crippen molar-refractivity contribution in [3.05, 3.63) is 125 Å². The Kier molecular flexibility index (Phi) is 8.76. The van der Waals surface area contributed by atoms with E-state index in [1.807, 2.05) is 97.9 Å². The maximum atomic E-state index is 13.1. The monoisotopic (exact) mass is 590 g/mol. The van der Waals surface area contributed by atoms with Crippen LogP contribution in [-0.2, 0) is 15.2 Å². The number of hydrogen-bond donors (Lipinski definition) is 3. The first-order valence-corrected chi connectivity index (χ1v) is 14.2. The van der Waals surface area contributed by atoms with Crippen molar-refractivity contribution in [1.82, 2.24) is 9.88 Å². The molecule has 5 aromatic rings. The maximum absolute atomic E-state index is 13.1. The van der Waals surface area contributed by atoms with Crippen molar-refractivity contribution >= 4 is 39.2 Å². The molecular weight excluding hydrogens is 556 g/mol. The maximum Gasteiger partial charge on any atom is 0.336 e. The molecule has 44 heavy (non-hydrogen) atoms. The Morgan fingerprint density at radius 3 is 2.30 bits per heavy atom. The quantitative estimate of drug-likeness (QED) is 0.162. The summed E-state index contributed by atoms with van der Waals surface area (Å²) in [6.07, 6.45) is 1.05. The van der Waals surface area contributed by atoms with Gasteiger partial charge in [-0.25, -0.2) is 14.6 Å². The third kappa shape index (κ3) is 6.04. The second kappa shape index (κ2) is 12.7. The number of carboxylic acid groups (broad SMARTS) is 2. The summed E-state index contributed by atoms with van der Waals surface area (Å²) in [5.74, 6) is -3.05. The highest BCUT2D eigenvalue weighted by atomic mass is 16.5. The summed E-state index contributed by atoms with van der Waals surface area (Å²) in [5.41, 5.74) is 1.17. The third-order valence-electron chi connectivity index (χ3n) is 7.93. The van der Waals surface area contributed by atoms with E-state index in [1.165, 1.54) is 13.2 Å². The summed E-state index contributed by atoms with van der Waals surface area (Å²) in [4.78, 5) is 30.1. The highest BCUT2D eigenvalue weighted by Gasteiger charge is 2.43. The molecule has 0 aliphatic rings. The summed E-state index contributed by atoms with van der Waals surface area (Å²) >= 11 is 0. The Hall–Kier alpha value is -5.05. The van der Waals surface area contributed by atoms with Crippen molar-refractivity contribution in [3.8, 4) is 5.88 Å². The van der Waals surface area contributed by atoms with E-state index in [-0.39, 0.29) is 11.1 Å². The third-order valence-corrected chi connectivity index (χ3v) is 7.93. The largest absolute Gasteiger partial charge is 0.481 e. The normalized spacial score (nSPS) is 14.0. The minimum Gasteiger partial charge on any atom is -0.481 e. The number of pyridine rings is 1. The number of methoxy groups -OCH3 is 1. The lowest BCUT2D eigenvalue weighted by atomic mass is 9.70. The minimum atomic E-state index is -1.44. The lowest BCUT2D eigenvalue weighted by Crippen LogP contribution is -2.38. The molecule has 8 nitrogen and oxygen atoms in total. The molecule has 0 bridgehead atoms. The highest BCUT2D eigenvalue weighted by Crippen LogP contribution is 2.49. The molecule has 0 saturated heterocycles. The van der Waals surface area contributed by atoms with Gasteiger partial charge in [-0.3, -0.25) is 0 Å². The van der Waals surface area contributed by atoms with Crippen LogP contribution in [0.15, 0.2) is 103 Å². The molecule has 4 aromatic carbocycles. The smallest absolute Gasteiger partial charge is 0.336 e. The predicted molar refractivity (Wildman–Crippen MR) is 171 cm³/mol. The molecule has 0 radical (unpaired) electrons. The molecule has 1 heterocycles. The fourth-order valence-electron chi connectivity index (χ4n) is 5.89. The van der Waals surface area contributed by atoms with E-state index < -0.39 is 23.5 Å². The van der Waals surface area contributed by atoms with Crippen molar-refractivity contribution in [2.45, 2.75) is 17.9 Å². The van der Waals surface area contributed by atoms with Gasteiger partial charge in [0.1, 0.15) is 5.60 Å². The first-order chi connectivity index (χ1) is 21.1. The van der Waals surface area contributed by atoms with Crippen LogP contribution < -0.4 is 4.74 Å². The number of benzene rings is 4. The molecule has 5 rings (SSSR count). The van der Waals surface area contributed by atoms with Gasteiger partial charge in [-0.15, -0.1) is 0 Å². The Labute approximate surface area is 255 Å². The van der Waals surface area contributed by atoms with Crippen LogP contribution >= 0.6 is 0 Å². The zero-order valence-corrected chi connectivity index (χ0v) is 24.8. The van der Waals surface area contributed by atoms with Gasteiger partial charge >= 0.3 is 11.9 Å². The van der Waals surface area contributed by atoms with Gasteiger partial charge in [0, 0.05) is 29.5 Å². The van der Waals surface area contributed by atoms with E-state index in [4.69, 9.17) is 9.72 Å². The molecule has 224 valence electrons. The van der Waals surface area contributed by atoms with E-state index >= 15 is 0 Å². The molecule has 0 aliphatic heterocycles. The number of aliphatic carboxylic acids is 2. The number of nitrogens with zero attached hydrogens (tertiary/aromatic N) is 2. The number of fused-ring (bicyclic) bond motifs is 2. The number of aliphatic hydroxyl groups is 1. The van der Waals surface area contributed by atoms with E-state index in [2.05, 4.69) is 0 Å². The standard InChI is InChI=1S/C36H34N2O6/c1-38(2)19-18-36(43,30-15-9-13-23-10-7-8-14-27(23)30)33(24-11-5-4-6-12-24)29-21-26-20-25(28(35(41)42)22-32(39)40)16-17-31(26)37-34(29)44-3/h4-17,20-22,33,43H,18-19H2,1-3H3,(H,39,40)(H,41,42)/b28-22+/t33-,36-/m1/s1. The first kappa shape index (κ1) is 30.4. The fourth-order valence-corrected chi connectivity index (χ4v) is 5.89. The summed E-state index contributed by atoms with van der Waals surface area (Å²) < 4.78 is 5.85. The summed E-state index contributed by atoms with van der Waals surface area (Å²) in [6.45, 7) is 0.582. The van der Waals surface area contributed by atoms with Crippen LogP contribution in [0.1, 0.15) is 34.6 Å². The lowest BCUT2D eigenvalue weighted by molar-refractivity contribution is -0.133. The molecule has 8 heteroatoms. The van der Waals surface area contributed by atoms with Crippen LogP contribution in [0.25, 0.3) is 27.2 Å². The van der Waals surface area contributed by atoms with Crippen LogP contribution in [0.3, 0.4) is 0 Å². The zero-order chi connectivity index (χ0) is 31.4. The average Bonchev–Trinajstić information content (AvgIpc) is 3.02.